The zero-order valence-corrected chi connectivity index (χ0v) is 8.46. The highest BCUT2D eigenvalue weighted by atomic mass is 16.5. The number of ether oxygens (including phenoxy) is 1. The second-order valence-electron chi connectivity index (χ2n) is 2.94. The predicted octanol–water partition coefficient (Wildman–Crippen LogP) is -0.0695. The van der Waals surface area contributed by atoms with Gasteiger partial charge in [-0.1, -0.05) is 0 Å². The monoisotopic (exact) mass is 197 g/mol. The lowest BCUT2D eigenvalue weighted by Crippen LogP contribution is -2.14. The number of aryl methyl sites for hydroxylation is 1. The number of hydrogen-bond acceptors (Lipinski definition) is 4. The first-order valence-electron chi connectivity index (χ1n) is 4.55. The fourth-order valence-electron chi connectivity index (χ4n) is 1.14. The molecule has 0 spiro atoms. The van der Waals surface area contributed by atoms with E-state index in [1.807, 2.05) is 7.05 Å². The third-order valence-corrected chi connectivity index (χ3v) is 1.82. The summed E-state index contributed by atoms with van der Waals surface area (Å²) >= 11 is 0. The zero-order chi connectivity index (χ0) is 10.4. The first-order chi connectivity index (χ1) is 6.76. The average molecular weight is 197 g/mol. The molecular weight excluding hydrogens is 182 g/mol. The second kappa shape index (κ2) is 5.39. The zero-order valence-electron chi connectivity index (χ0n) is 8.46. The molecule has 14 heavy (non-hydrogen) atoms. The largest absolute Gasteiger partial charge is 0.481 e. The molecule has 0 aliphatic rings. The van der Waals surface area contributed by atoms with Gasteiger partial charge in [0.15, 0.2) is 0 Å². The fourth-order valence-corrected chi connectivity index (χ4v) is 1.14. The molecule has 0 aliphatic carbocycles. The lowest BCUT2D eigenvalue weighted by Gasteiger charge is -2.02. The lowest BCUT2D eigenvalue weighted by molar-refractivity contribution is 0.393. The van der Waals surface area contributed by atoms with E-state index in [4.69, 9.17) is 4.74 Å². The van der Waals surface area contributed by atoms with Gasteiger partial charge in [0, 0.05) is 6.42 Å². The summed E-state index contributed by atoms with van der Waals surface area (Å²) in [6.07, 6.45) is 1.68. The molecule has 0 saturated carbocycles. The van der Waals surface area contributed by atoms with Crippen LogP contribution >= 0.6 is 0 Å². The van der Waals surface area contributed by atoms with E-state index in [0.29, 0.717) is 11.7 Å². The highest BCUT2D eigenvalue weighted by Gasteiger charge is 2.00. The molecule has 1 heterocycles. The summed E-state index contributed by atoms with van der Waals surface area (Å²) in [5.74, 6) is 1.04. The van der Waals surface area contributed by atoms with Crippen LogP contribution in [0.3, 0.4) is 0 Å². The van der Waals surface area contributed by atoms with Crippen LogP contribution in [0, 0.1) is 0 Å². The second-order valence-corrected chi connectivity index (χ2v) is 2.94. The van der Waals surface area contributed by atoms with Crippen molar-refractivity contribution in [2.24, 2.45) is 0 Å². The van der Waals surface area contributed by atoms with E-state index in [1.54, 1.807) is 0 Å². The Balaban J connectivity index is 2.67. The molecule has 0 aliphatic heterocycles. The first kappa shape index (κ1) is 10.7. The number of aromatic nitrogens is 2. The SMILES string of the molecule is CNCCCc1nc(OC)cc(=O)[nH]1. The number of aromatic amines is 1. The Morgan fingerprint density at radius 1 is 1.64 bits per heavy atom. The molecule has 0 unspecified atom stereocenters. The molecule has 0 fully saturated rings. The van der Waals surface area contributed by atoms with Gasteiger partial charge in [-0.3, -0.25) is 4.79 Å². The molecule has 5 heteroatoms. The number of nitrogens with one attached hydrogen (secondary N) is 2. The normalized spacial score (nSPS) is 10.1. The van der Waals surface area contributed by atoms with E-state index in [0.717, 1.165) is 19.4 Å². The summed E-state index contributed by atoms with van der Waals surface area (Å²) in [6.45, 7) is 0.904. The number of H-pyrrole nitrogens is 1. The van der Waals surface area contributed by atoms with Crippen LogP contribution in [0.2, 0.25) is 0 Å². The van der Waals surface area contributed by atoms with Gasteiger partial charge < -0.3 is 15.0 Å². The molecule has 1 aromatic heterocycles. The van der Waals surface area contributed by atoms with Crippen molar-refractivity contribution in [3.8, 4) is 5.88 Å². The maximum atomic E-state index is 11.1. The molecule has 0 bridgehead atoms. The standard InChI is InChI=1S/C9H15N3O2/c1-10-5-3-4-7-11-8(13)6-9(12-7)14-2/h6,10H,3-5H2,1-2H3,(H,11,12,13). The minimum Gasteiger partial charge on any atom is -0.481 e. The molecule has 0 atom stereocenters. The lowest BCUT2D eigenvalue weighted by atomic mass is 10.3. The minimum absolute atomic E-state index is 0.170. The van der Waals surface area contributed by atoms with Crippen molar-refractivity contribution in [3.05, 3.63) is 22.2 Å². The van der Waals surface area contributed by atoms with Crippen molar-refractivity contribution in [1.82, 2.24) is 15.3 Å². The van der Waals surface area contributed by atoms with E-state index in [2.05, 4.69) is 15.3 Å². The molecule has 2 N–H and O–H groups in total. The van der Waals surface area contributed by atoms with Gasteiger partial charge in [-0.15, -0.1) is 0 Å². The smallest absolute Gasteiger partial charge is 0.254 e. The fraction of sp³-hybridized carbons (Fsp3) is 0.556. The Kier molecular flexibility index (Phi) is 4.12. The third kappa shape index (κ3) is 3.18. The highest BCUT2D eigenvalue weighted by molar-refractivity contribution is 5.08. The van der Waals surface area contributed by atoms with Gasteiger partial charge in [0.25, 0.3) is 5.56 Å². The maximum absolute atomic E-state index is 11.1. The Morgan fingerprint density at radius 2 is 2.43 bits per heavy atom. The van der Waals surface area contributed by atoms with Gasteiger partial charge in [-0.25, -0.2) is 4.98 Å². The van der Waals surface area contributed by atoms with E-state index >= 15 is 0 Å². The maximum Gasteiger partial charge on any atom is 0.254 e. The van der Waals surface area contributed by atoms with Crippen molar-refractivity contribution in [3.63, 3.8) is 0 Å². The van der Waals surface area contributed by atoms with Crippen LogP contribution in [-0.2, 0) is 6.42 Å². The quantitative estimate of drug-likeness (QED) is 0.648. The van der Waals surface area contributed by atoms with Crippen LogP contribution < -0.4 is 15.6 Å². The molecule has 0 radical (unpaired) electrons. The van der Waals surface area contributed by atoms with Gasteiger partial charge >= 0.3 is 0 Å². The van der Waals surface area contributed by atoms with Crippen molar-refractivity contribution in [1.29, 1.82) is 0 Å². The van der Waals surface area contributed by atoms with Crippen LogP contribution in [-0.4, -0.2) is 30.7 Å². The van der Waals surface area contributed by atoms with E-state index in [-0.39, 0.29) is 5.56 Å². The van der Waals surface area contributed by atoms with E-state index < -0.39 is 0 Å². The molecule has 1 rings (SSSR count). The topological polar surface area (TPSA) is 67.0 Å². The number of nitrogens with zero attached hydrogens (tertiary/aromatic N) is 1. The molecule has 0 aromatic carbocycles. The summed E-state index contributed by atoms with van der Waals surface area (Å²) in [7, 11) is 3.39. The number of rotatable bonds is 5. The van der Waals surface area contributed by atoms with Crippen LogP contribution in [0.1, 0.15) is 12.2 Å². The Labute approximate surface area is 82.5 Å². The third-order valence-electron chi connectivity index (χ3n) is 1.82. The van der Waals surface area contributed by atoms with Gasteiger partial charge in [0.1, 0.15) is 5.82 Å². The van der Waals surface area contributed by atoms with Crippen LogP contribution in [0.25, 0.3) is 0 Å². The summed E-state index contributed by atoms with van der Waals surface area (Å²) in [4.78, 5) is 17.9. The van der Waals surface area contributed by atoms with Gasteiger partial charge in [0.2, 0.25) is 5.88 Å². The summed E-state index contributed by atoms with van der Waals surface area (Å²) in [6, 6.07) is 1.33. The summed E-state index contributed by atoms with van der Waals surface area (Å²) < 4.78 is 4.90. The van der Waals surface area contributed by atoms with Crippen LogP contribution in [0.4, 0.5) is 0 Å². The Bertz CT molecular complexity index is 335. The molecule has 0 amide bonds. The Morgan fingerprint density at radius 3 is 3.07 bits per heavy atom. The summed E-state index contributed by atoms with van der Waals surface area (Å²) in [5, 5.41) is 3.03. The molecule has 1 aromatic rings. The number of hydrogen-bond donors (Lipinski definition) is 2. The number of methoxy groups -OCH3 is 1. The van der Waals surface area contributed by atoms with Crippen molar-refractivity contribution >= 4 is 0 Å². The van der Waals surface area contributed by atoms with Crippen molar-refractivity contribution in [2.45, 2.75) is 12.8 Å². The van der Waals surface area contributed by atoms with E-state index in [1.165, 1.54) is 13.2 Å². The van der Waals surface area contributed by atoms with Crippen molar-refractivity contribution < 1.29 is 4.74 Å². The van der Waals surface area contributed by atoms with Gasteiger partial charge in [-0.2, -0.15) is 0 Å². The Hall–Kier alpha value is -1.36. The van der Waals surface area contributed by atoms with Crippen LogP contribution in [0.15, 0.2) is 10.9 Å². The average Bonchev–Trinajstić information content (AvgIpc) is 2.17. The van der Waals surface area contributed by atoms with E-state index in [9.17, 15) is 4.79 Å². The van der Waals surface area contributed by atoms with Gasteiger partial charge in [-0.05, 0) is 20.0 Å². The molecule has 5 nitrogen and oxygen atoms in total. The predicted molar refractivity (Wildman–Crippen MR) is 53.7 cm³/mol. The summed E-state index contributed by atoms with van der Waals surface area (Å²) in [5.41, 5.74) is -0.170. The molecule has 0 saturated heterocycles. The molecular formula is C9H15N3O2. The van der Waals surface area contributed by atoms with Crippen LogP contribution in [0.5, 0.6) is 5.88 Å². The first-order valence-corrected chi connectivity index (χ1v) is 4.55. The molecule has 78 valence electrons. The highest BCUT2D eigenvalue weighted by Crippen LogP contribution is 2.01. The van der Waals surface area contributed by atoms with Gasteiger partial charge in [0.05, 0.1) is 13.2 Å². The van der Waals surface area contributed by atoms with Crippen molar-refractivity contribution in [2.75, 3.05) is 20.7 Å². The minimum atomic E-state index is -0.170.